The molecule has 516 valence electrons. The maximum atomic E-state index is 12.0. The third kappa shape index (κ3) is 59.4. The summed E-state index contributed by atoms with van der Waals surface area (Å²) < 4.78 is 209. The van der Waals surface area contributed by atoms with Gasteiger partial charge in [-0.1, -0.05) is 40.5 Å². The van der Waals surface area contributed by atoms with Crippen molar-refractivity contribution in [2.45, 2.75) is 83.6 Å². The molecule has 0 fully saturated rings. The van der Waals surface area contributed by atoms with Gasteiger partial charge >= 0.3 is 5.97 Å². The molecule has 6 unspecified atom stereocenters. The number of hydrogen-bond acceptors (Lipinski definition) is 29. The molecule has 0 aliphatic rings. The lowest BCUT2D eigenvalue weighted by Gasteiger charge is -2.22. The van der Waals surface area contributed by atoms with E-state index in [-0.39, 0.29) is 177 Å². The van der Waals surface area contributed by atoms with Crippen molar-refractivity contribution in [3.8, 4) is 0 Å². The molecule has 0 rings (SSSR count). The summed E-state index contributed by atoms with van der Waals surface area (Å²) in [5.41, 5.74) is 0. The van der Waals surface area contributed by atoms with Crippen molar-refractivity contribution in [1.82, 2.24) is 0 Å². The van der Waals surface area contributed by atoms with Crippen LogP contribution in [0.25, 0.3) is 0 Å². The van der Waals surface area contributed by atoms with Crippen LogP contribution in [0, 0.1) is 0 Å². The standard InChI is InChI=1S/C22H46O11S3.C19H34O11S3.C7H16O5.C3H6O2/c1-5-11-34(23,24)14-8-30-18-21(17-29-4)33-20-22(32-10-16-36(27,28)13-7-3)19-31-9-15-35(25,26)12-6-2;1-5-31(20,21)11-8-27-15-18(14-26-4)30-17-19(29-10-13-33(24,25)7-3)16-28-9-12-32(22,23)6-2;1-11-5-7(3-9)12-4-6(10)2-8;1-3(4)5-2/h21-22H,5-20H2,1-4H3;5-7,18-19H,1-3,8-17H2,4H3;6-10H,2-5H2,1H3;1-2H3. The average molecular weight is 1370 g/mol. The summed E-state index contributed by atoms with van der Waals surface area (Å²) in [6.45, 7) is 16.3. The number of sulfone groups is 6. The number of ether oxygens (including phenoxy) is 13. The monoisotopic (exact) mass is 1370 g/mol. The van der Waals surface area contributed by atoms with Gasteiger partial charge in [-0.05, 0) is 19.3 Å². The highest BCUT2D eigenvalue weighted by atomic mass is 32.2. The third-order valence-corrected chi connectivity index (χ3v) is 19.6. The van der Waals surface area contributed by atoms with E-state index in [4.69, 9.17) is 72.2 Å². The van der Waals surface area contributed by atoms with Crippen molar-refractivity contribution in [3.05, 3.63) is 36.0 Å². The lowest BCUT2D eigenvalue weighted by molar-refractivity contribution is -0.137. The van der Waals surface area contributed by atoms with Gasteiger partial charge in [0.05, 0.1) is 161 Å². The van der Waals surface area contributed by atoms with E-state index in [0.29, 0.717) is 19.3 Å². The van der Waals surface area contributed by atoms with Crippen LogP contribution in [0.15, 0.2) is 36.0 Å². The Balaban J connectivity index is -0.000000616. The second kappa shape index (κ2) is 54.5. The van der Waals surface area contributed by atoms with E-state index in [0.717, 1.165) is 16.2 Å². The fraction of sp³-hybridized carbons (Fsp3) is 0.863. The Morgan fingerprint density at radius 3 is 0.930 bits per heavy atom. The van der Waals surface area contributed by atoms with Crippen LogP contribution in [-0.4, -0.2) is 308 Å². The average Bonchev–Trinajstić information content (AvgIpc) is 3.60. The highest BCUT2D eigenvalue weighted by Gasteiger charge is 2.21. The van der Waals surface area contributed by atoms with Gasteiger partial charge in [-0.15, -0.1) is 0 Å². The minimum Gasteiger partial charge on any atom is -0.469 e. The first kappa shape index (κ1) is 90.2. The van der Waals surface area contributed by atoms with E-state index in [1.165, 1.54) is 35.4 Å². The number of aliphatic hydroxyl groups is 3. The highest BCUT2D eigenvalue weighted by Crippen LogP contribution is 2.07. The van der Waals surface area contributed by atoms with Gasteiger partial charge in [0, 0.05) is 61.7 Å². The summed E-state index contributed by atoms with van der Waals surface area (Å²) in [7, 11) is -14.0. The molecule has 0 aliphatic carbocycles. The van der Waals surface area contributed by atoms with Crippen LogP contribution in [-0.2, 0) is 125 Å². The molecule has 0 saturated carbocycles. The molecular formula is C51H102O29S6. The Labute approximate surface area is 513 Å². The molecule has 0 aliphatic heterocycles. The smallest absolute Gasteiger partial charge is 0.302 e. The van der Waals surface area contributed by atoms with Gasteiger partial charge in [0.15, 0.2) is 59.0 Å². The number of methoxy groups -OCH3 is 4. The number of carbonyl (C=O) groups is 1. The van der Waals surface area contributed by atoms with Gasteiger partial charge in [0.2, 0.25) is 0 Å². The zero-order valence-electron chi connectivity index (χ0n) is 51.4. The lowest BCUT2D eigenvalue weighted by Crippen LogP contribution is -2.34. The molecule has 29 nitrogen and oxygen atoms in total. The van der Waals surface area contributed by atoms with Crippen molar-refractivity contribution in [3.63, 3.8) is 0 Å². The van der Waals surface area contributed by atoms with Crippen molar-refractivity contribution in [2.24, 2.45) is 0 Å². The summed E-state index contributed by atoms with van der Waals surface area (Å²) in [5.74, 6) is -1.07. The molecular weight excluding hydrogens is 1270 g/mol. The van der Waals surface area contributed by atoms with Crippen LogP contribution in [0.2, 0.25) is 0 Å². The molecule has 0 radical (unpaired) electrons. The van der Waals surface area contributed by atoms with Gasteiger partial charge in [-0.25, -0.2) is 50.5 Å². The van der Waals surface area contributed by atoms with E-state index in [2.05, 4.69) is 24.5 Å². The van der Waals surface area contributed by atoms with Crippen molar-refractivity contribution in [2.75, 3.05) is 199 Å². The second-order valence-electron chi connectivity index (χ2n) is 18.3. The topological polar surface area (TPSA) is 403 Å². The van der Waals surface area contributed by atoms with Crippen molar-refractivity contribution in [1.29, 1.82) is 0 Å². The Morgan fingerprint density at radius 1 is 0.384 bits per heavy atom. The van der Waals surface area contributed by atoms with E-state index in [1.54, 1.807) is 20.8 Å². The predicted octanol–water partition coefficient (Wildman–Crippen LogP) is -0.435. The Hall–Kier alpha value is -2.21. The van der Waals surface area contributed by atoms with Crippen LogP contribution in [0.3, 0.4) is 0 Å². The zero-order chi connectivity index (χ0) is 66.6. The SMILES string of the molecule is C=CS(=O)(=O)CCOCC(COC)OCC(COCCS(=O)(=O)C=C)OCCS(=O)(=O)C=C.CCCS(=O)(=O)CCOCC(COC)OCC(COCCS(=O)(=O)CCC)OCCS(=O)(=O)CCC.COC(C)=O.COCC(CO)OCC(O)CO. The molecule has 0 spiro atoms. The molecule has 0 heterocycles. The molecule has 35 heteroatoms. The van der Waals surface area contributed by atoms with Crippen LogP contribution >= 0.6 is 0 Å². The van der Waals surface area contributed by atoms with E-state index in [9.17, 15) is 55.3 Å². The Morgan fingerprint density at radius 2 is 0.651 bits per heavy atom. The minimum atomic E-state index is -3.46. The highest BCUT2D eigenvalue weighted by molar-refractivity contribution is 7.95. The Bertz CT molecular complexity index is 2390. The van der Waals surface area contributed by atoms with Crippen molar-refractivity contribution < 1.29 is 132 Å². The third-order valence-electron chi connectivity index (χ3n) is 10.4. The lowest BCUT2D eigenvalue weighted by atomic mass is 10.3. The maximum Gasteiger partial charge on any atom is 0.302 e. The normalized spacial score (nSPS) is 14.3. The Kier molecular flexibility index (Phi) is 57.2. The fourth-order valence-corrected chi connectivity index (χ4v) is 10.9. The van der Waals surface area contributed by atoms with Gasteiger partial charge in [-0.2, -0.15) is 0 Å². The summed E-state index contributed by atoms with van der Waals surface area (Å²) in [6, 6.07) is 0. The van der Waals surface area contributed by atoms with Gasteiger partial charge < -0.3 is 76.9 Å². The van der Waals surface area contributed by atoms with Crippen LogP contribution in [0.4, 0.5) is 0 Å². The van der Waals surface area contributed by atoms with Crippen molar-refractivity contribution >= 4 is 65.0 Å². The molecule has 3 N–H and O–H groups in total. The summed E-state index contributed by atoms with van der Waals surface area (Å²) in [5, 5.41) is 28.5. The second-order valence-corrected chi connectivity index (χ2v) is 31.4. The molecule has 0 saturated heterocycles. The number of rotatable bonds is 54. The van der Waals surface area contributed by atoms with E-state index < -0.39 is 95.6 Å². The molecule has 0 aromatic carbocycles. The van der Waals surface area contributed by atoms with Gasteiger partial charge in [0.1, 0.15) is 36.6 Å². The maximum absolute atomic E-state index is 12.0. The molecule has 0 aromatic rings. The fourth-order valence-electron chi connectivity index (χ4n) is 5.82. The van der Waals surface area contributed by atoms with Gasteiger partial charge in [-0.3, -0.25) is 4.79 Å². The minimum absolute atomic E-state index is 0.00505. The van der Waals surface area contributed by atoms with Gasteiger partial charge in [0.25, 0.3) is 0 Å². The van der Waals surface area contributed by atoms with E-state index in [1.807, 2.05) is 0 Å². The molecule has 0 bridgehead atoms. The number of esters is 1. The number of hydrogen-bond donors (Lipinski definition) is 3. The first-order valence-corrected chi connectivity index (χ1v) is 37.9. The number of aliphatic hydroxyl groups excluding tert-OH is 3. The van der Waals surface area contributed by atoms with Crippen LogP contribution < -0.4 is 0 Å². The quantitative estimate of drug-likeness (QED) is 0.0513. The number of carbonyl (C=O) groups excluding carboxylic acids is 1. The molecule has 86 heavy (non-hydrogen) atoms. The molecule has 0 amide bonds. The molecule has 0 aromatic heterocycles. The zero-order valence-corrected chi connectivity index (χ0v) is 56.3. The largest absolute Gasteiger partial charge is 0.469 e. The van der Waals surface area contributed by atoms with E-state index >= 15 is 0 Å². The molecule has 6 atom stereocenters. The summed E-state index contributed by atoms with van der Waals surface area (Å²) in [6.07, 6.45) is -2.16. The van der Waals surface area contributed by atoms with Crippen LogP contribution in [0.5, 0.6) is 0 Å². The summed E-state index contributed by atoms with van der Waals surface area (Å²) in [4.78, 5) is 9.59. The summed E-state index contributed by atoms with van der Waals surface area (Å²) >= 11 is 0. The first-order valence-electron chi connectivity index (χ1n) is 27.3. The predicted molar refractivity (Wildman–Crippen MR) is 324 cm³/mol. The first-order chi connectivity index (χ1) is 40.3. The van der Waals surface area contributed by atoms with Crippen LogP contribution in [0.1, 0.15) is 47.0 Å².